The zero-order valence-electron chi connectivity index (χ0n) is 31.4. The summed E-state index contributed by atoms with van der Waals surface area (Å²) in [6.07, 6.45) is 0. The van der Waals surface area contributed by atoms with Crippen LogP contribution < -0.4 is 0 Å². The molecule has 0 amide bonds. The Morgan fingerprint density at radius 1 is 0.367 bits per heavy atom. The average Bonchev–Trinajstić information content (AvgIpc) is 3.53. The van der Waals surface area contributed by atoms with E-state index < -0.39 is 23.5 Å². The second-order valence-corrected chi connectivity index (χ2v) is 12.0. The third-order valence-electron chi connectivity index (χ3n) is 9.33. The van der Waals surface area contributed by atoms with Crippen LogP contribution in [-0.2, 0) is 5.41 Å². The minimum absolute atomic E-state index is 0.000280. The molecule has 0 atom stereocenters. The van der Waals surface area contributed by atoms with Gasteiger partial charge in [-0.2, -0.15) is 0 Å². The van der Waals surface area contributed by atoms with Gasteiger partial charge < -0.3 is 0 Å². The van der Waals surface area contributed by atoms with Crippen molar-refractivity contribution in [2.75, 3.05) is 0 Å². The monoisotopic (exact) mass is 630 g/mol. The summed E-state index contributed by atoms with van der Waals surface area (Å²) in [5, 5.41) is 0. The van der Waals surface area contributed by atoms with Crippen molar-refractivity contribution >= 4 is 0 Å². The molecule has 1 aliphatic rings. The van der Waals surface area contributed by atoms with Gasteiger partial charge in [0.15, 0.2) is 17.5 Å². The molecule has 0 aliphatic heterocycles. The molecular formula is C46H31N3. The van der Waals surface area contributed by atoms with Crippen molar-refractivity contribution < 1.29 is 6.85 Å². The van der Waals surface area contributed by atoms with Crippen LogP contribution in [0, 0.1) is 0 Å². The molecule has 0 radical (unpaired) electrons. The number of aromatic nitrogens is 3. The molecule has 49 heavy (non-hydrogen) atoms. The average molecular weight is 631 g/mol. The van der Waals surface area contributed by atoms with Gasteiger partial charge in [0.25, 0.3) is 0 Å². The van der Waals surface area contributed by atoms with Crippen molar-refractivity contribution in [1.82, 2.24) is 15.0 Å². The summed E-state index contributed by atoms with van der Waals surface area (Å²) in [5.74, 6) is 0.644. The van der Waals surface area contributed by atoms with Crippen molar-refractivity contribution in [3.63, 3.8) is 0 Å². The van der Waals surface area contributed by atoms with E-state index in [0.29, 0.717) is 22.8 Å². The Morgan fingerprint density at radius 3 is 1.49 bits per heavy atom. The highest BCUT2D eigenvalue weighted by molar-refractivity contribution is 5.88. The number of fused-ring (bicyclic) bond motifs is 3. The van der Waals surface area contributed by atoms with Gasteiger partial charge in [0.2, 0.25) is 0 Å². The number of benzene rings is 7. The van der Waals surface area contributed by atoms with E-state index in [-0.39, 0.29) is 23.5 Å². The molecule has 0 saturated carbocycles. The maximum atomic E-state index is 8.79. The fourth-order valence-electron chi connectivity index (χ4n) is 7.13. The molecule has 0 fully saturated rings. The quantitative estimate of drug-likeness (QED) is 0.183. The fourth-order valence-corrected chi connectivity index (χ4v) is 7.13. The number of hydrogen-bond acceptors (Lipinski definition) is 3. The highest BCUT2D eigenvalue weighted by atomic mass is 15.0. The van der Waals surface area contributed by atoms with Gasteiger partial charge in [-0.05, 0) is 50.6 Å². The van der Waals surface area contributed by atoms with Crippen LogP contribution in [0.5, 0.6) is 0 Å². The van der Waals surface area contributed by atoms with E-state index in [4.69, 9.17) is 21.8 Å². The molecule has 0 bridgehead atoms. The molecule has 9 rings (SSSR count). The first-order chi connectivity index (χ1) is 26.4. The maximum absolute atomic E-state index is 8.79. The molecule has 230 valence electrons. The van der Waals surface area contributed by atoms with E-state index in [2.05, 4.69) is 84.9 Å². The minimum atomic E-state index is -0.649. The van der Waals surface area contributed by atoms with Crippen LogP contribution in [0.15, 0.2) is 188 Å². The summed E-state index contributed by atoms with van der Waals surface area (Å²) in [6.45, 7) is 0. The van der Waals surface area contributed by atoms with E-state index in [1.54, 1.807) is 0 Å². The lowest BCUT2D eigenvalue weighted by molar-refractivity contribution is 0.768. The summed E-state index contributed by atoms with van der Waals surface area (Å²) in [6, 6.07) is 51.5. The van der Waals surface area contributed by atoms with Gasteiger partial charge in [-0.25, -0.2) is 15.0 Å². The van der Waals surface area contributed by atoms with Gasteiger partial charge in [-0.1, -0.05) is 182 Å². The first-order valence-corrected chi connectivity index (χ1v) is 16.2. The van der Waals surface area contributed by atoms with Crippen LogP contribution in [0.2, 0.25) is 0 Å². The highest BCUT2D eigenvalue weighted by Gasteiger charge is 2.46. The summed E-state index contributed by atoms with van der Waals surface area (Å²) in [4.78, 5) is 14.7. The predicted molar refractivity (Wildman–Crippen MR) is 199 cm³/mol. The SMILES string of the molecule is [2H]c1c([2H])c([2H])c(-c2nc(-c3ccc(-c4ccccc4)cc3)nc(-c3ccc4c(c3)C(c3ccccc3)(c3ccccc3)c3ccccc3-4)n2)c([2H])c1[2H]. The van der Waals surface area contributed by atoms with Crippen LogP contribution in [-0.4, -0.2) is 15.0 Å². The molecule has 7 aromatic carbocycles. The predicted octanol–water partition coefficient (Wildman–Crippen LogP) is 10.9. The van der Waals surface area contributed by atoms with Gasteiger partial charge in [-0.15, -0.1) is 0 Å². The molecule has 3 nitrogen and oxygen atoms in total. The summed E-state index contributed by atoms with van der Waals surface area (Å²) >= 11 is 0. The van der Waals surface area contributed by atoms with E-state index in [1.807, 2.05) is 72.8 Å². The van der Waals surface area contributed by atoms with Crippen LogP contribution in [0.25, 0.3) is 56.4 Å². The molecule has 8 aromatic rings. The maximum Gasteiger partial charge on any atom is 0.164 e. The van der Waals surface area contributed by atoms with Crippen LogP contribution >= 0.6 is 0 Å². The number of nitrogens with zero attached hydrogens (tertiary/aromatic N) is 3. The molecule has 1 aliphatic carbocycles. The number of hydrogen-bond donors (Lipinski definition) is 0. The zero-order valence-corrected chi connectivity index (χ0v) is 26.4. The minimum Gasteiger partial charge on any atom is -0.208 e. The second-order valence-electron chi connectivity index (χ2n) is 12.0. The lowest BCUT2D eigenvalue weighted by atomic mass is 9.67. The van der Waals surface area contributed by atoms with Crippen LogP contribution in [0.4, 0.5) is 0 Å². The molecule has 0 spiro atoms. The second kappa shape index (κ2) is 12.0. The summed E-state index contributed by atoms with van der Waals surface area (Å²) in [7, 11) is 0. The van der Waals surface area contributed by atoms with Crippen molar-refractivity contribution in [1.29, 1.82) is 0 Å². The fraction of sp³-hybridized carbons (Fsp3) is 0.0217. The standard InChI is InChI=1S/C46H31N3/c1-5-15-32(16-6-1)33-25-27-35(28-26-33)44-47-43(34-17-7-2-8-18-34)48-45(49-44)36-29-30-40-39-23-13-14-24-41(39)46(42(40)31-36,37-19-9-3-10-20-37)38-21-11-4-12-22-38/h1-31H/i2D,7D,8D,17D,18D. The van der Waals surface area contributed by atoms with Crippen molar-refractivity contribution in [3.8, 4) is 56.4 Å². The van der Waals surface area contributed by atoms with Crippen molar-refractivity contribution in [2.45, 2.75) is 5.41 Å². The lowest BCUT2D eigenvalue weighted by Gasteiger charge is -2.34. The van der Waals surface area contributed by atoms with Crippen LogP contribution in [0.3, 0.4) is 0 Å². The van der Waals surface area contributed by atoms with E-state index >= 15 is 0 Å². The highest BCUT2D eigenvalue weighted by Crippen LogP contribution is 2.56. The van der Waals surface area contributed by atoms with Crippen LogP contribution in [0.1, 0.15) is 29.1 Å². The van der Waals surface area contributed by atoms with Crippen molar-refractivity contribution in [2.24, 2.45) is 0 Å². The molecule has 0 saturated heterocycles. The Hall–Kier alpha value is -6.45. The Labute approximate surface area is 293 Å². The lowest BCUT2D eigenvalue weighted by Crippen LogP contribution is -2.28. The van der Waals surface area contributed by atoms with Gasteiger partial charge in [0.1, 0.15) is 0 Å². The first kappa shape index (κ1) is 23.8. The van der Waals surface area contributed by atoms with Gasteiger partial charge in [0, 0.05) is 16.7 Å². The third-order valence-corrected chi connectivity index (χ3v) is 9.33. The van der Waals surface area contributed by atoms with E-state index in [9.17, 15) is 0 Å². The van der Waals surface area contributed by atoms with Gasteiger partial charge >= 0.3 is 0 Å². The molecule has 1 aromatic heterocycles. The molecule has 0 unspecified atom stereocenters. The molecule has 1 heterocycles. The van der Waals surface area contributed by atoms with Gasteiger partial charge in [-0.3, -0.25) is 0 Å². The van der Waals surface area contributed by atoms with Crippen molar-refractivity contribution in [3.05, 3.63) is 210 Å². The Kier molecular flexibility index (Phi) is 5.82. The normalized spacial score (nSPS) is 14.1. The third kappa shape index (κ3) is 4.87. The Morgan fingerprint density at radius 2 is 0.837 bits per heavy atom. The smallest absolute Gasteiger partial charge is 0.164 e. The topological polar surface area (TPSA) is 38.7 Å². The summed E-state index contributed by atoms with van der Waals surface area (Å²) < 4.78 is 42.6. The van der Waals surface area contributed by atoms with E-state index in [0.717, 1.165) is 38.9 Å². The molecule has 3 heteroatoms. The summed E-state index contributed by atoms with van der Waals surface area (Å²) in [5.41, 5.74) is 9.48. The molecular weight excluding hydrogens is 595 g/mol. The first-order valence-electron chi connectivity index (χ1n) is 18.7. The Balaban J connectivity index is 1.29. The Bertz CT molecular complexity index is 2630. The van der Waals surface area contributed by atoms with E-state index in [1.165, 1.54) is 5.56 Å². The molecule has 0 N–H and O–H groups in total. The number of rotatable bonds is 6. The largest absolute Gasteiger partial charge is 0.208 e. The van der Waals surface area contributed by atoms with Gasteiger partial charge in [0.05, 0.1) is 12.3 Å². The zero-order chi connectivity index (χ0) is 37.0.